The van der Waals surface area contributed by atoms with E-state index < -0.39 is 0 Å². The first-order chi connectivity index (χ1) is 10.8. The number of hydrogen-bond acceptors (Lipinski definition) is 1. The zero-order chi connectivity index (χ0) is 15.4. The van der Waals surface area contributed by atoms with Gasteiger partial charge in [0, 0.05) is 11.9 Å². The number of rotatable bonds is 5. The Kier molecular flexibility index (Phi) is 4.24. The zero-order valence-corrected chi connectivity index (χ0v) is 12.8. The van der Waals surface area contributed by atoms with Crippen LogP contribution in [-0.4, -0.2) is 9.13 Å². The predicted octanol–water partition coefficient (Wildman–Crippen LogP) is 3.31. The van der Waals surface area contributed by atoms with Gasteiger partial charge in [-0.25, -0.2) is 4.79 Å². The van der Waals surface area contributed by atoms with Gasteiger partial charge in [0.1, 0.15) is 0 Å². The Morgan fingerprint density at radius 3 is 1.91 bits per heavy atom. The van der Waals surface area contributed by atoms with E-state index in [4.69, 9.17) is 0 Å². The molecule has 1 aromatic heterocycles. The van der Waals surface area contributed by atoms with Crippen LogP contribution in [0.1, 0.15) is 23.7 Å². The molecule has 0 radical (unpaired) electrons. The third kappa shape index (κ3) is 3.03. The number of hydrogen-bond donors (Lipinski definition) is 0. The lowest BCUT2D eigenvalue weighted by Gasteiger charge is -2.05. The first-order valence-electron chi connectivity index (χ1n) is 7.64. The van der Waals surface area contributed by atoms with Gasteiger partial charge >= 0.3 is 5.69 Å². The monoisotopic (exact) mass is 292 g/mol. The maximum Gasteiger partial charge on any atom is 0.328 e. The van der Waals surface area contributed by atoms with Crippen molar-refractivity contribution in [1.82, 2.24) is 9.13 Å². The third-order valence-corrected chi connectivity index (χ3v) is 3.87. The van der Waals surface area contributed by atoms with E-state index in [0.717, 1.165) is 23.2 Å². The van der Waals surface area contributed by atoms with Crippen molar-refractivity contribution in [2.75, 3.05) is 0 Å². The molecule has 3 aromatic rings. The summed E-state index contributed by atoms with van der Waals surface area (Å²) in [5.74, 6) is 0. The predicted molar refractivity (Wildman–Crippen MR) is 89.2 cm³/mol. The molecule has 22 heavy (non-hydrogen) atoms. The lowest BCUT2D eigenvalue weighted by atomic mass is 10.2. The van der Waals surface area contributed by atoms with Crippen molar-refractivity contribution in [3.05, 3.63) is 94.2 Å². The molecule has 112 valence electrons. The average Bonchev–Trinajstić information content (AvgIpc) is 2.86. The summed E-state index contributed by atoms with van der Waals surface area (Å²) >= 11 is 0. The van der Waals surface area contributed by atoms with E-state index in [9.17, 15) is 4.79 Å². The number of imidazole rings is 1. The van der Waals surface area contributed by atoms with E-state index in [1.54, 1.807) is 4.57 Å². The summed E-state index contributed by atoms with van der Waals surface area (Å²) in [7, 11) is 0. The van der Waals surface area contributed by atoms with Crippen LogP contribution >= 0.6 is 0 Å². The minimum atomic E-state index is 0.0598. The molecule has 0 saturated carbocycles. The molecular weight excluding hydrogens is 272 g/mol. The Balaban J connectivity index is 1.92. The van der Waals surface area contributed by atoms with Crippen LogP contribution in [0.25, 0.3) is 0 Å². The molecule has 0 bridgehead atoms. The standard InChI is InChI=1S/C19H20N2O/c1-2-18-15-20(13-16-9-5-3-6-10-16)19(22)21(18)14-17-11-7-4-8-12-17/h3-12,15H,2,13-14H2,1H3. The van der Waals surface area contributed by atoms with E-state index in [1.165, 1.54) is 0 Å². The molecule has 0 atom stereocenters. The molecule has 3 rings (SSSR count). The van der Waals surface area contributed by atoms with Crippen molar-refractivity contribution < 1.29 is 0 Å². The minimum absolute atomic E-state index is 0.0598. The molecule has 2 aromatic carbocycles. The molecule has 0 aliphatic carbocycles. The molecule has 0 N–H and O–H groups in total. The molecule has 0 spiro atoms. The van der Waals surface area contributed by atoms with Crippen LogP contribution in [-0.2, 0) is 19.5 Å². The quantitative estimate of drug-likeness (QED) is 0.709. The maximum atomic E-state index is 12.7. The van der Waals surface area contributed by atoms with Crippen LogP contribution in [0.5, 0.6) is 0 Å². The largest absolute Gasteiger partial charge is 0.328 e. The average molecular weight is 292 g/mol. The summed E-state index contributed by atoms with van der Waals surface area (Å²) < 4.78 is 3.68. The lowest BCUT2D eigenvalue weighted by Crippen LogP contribution is -2.25. The van der Waals surface area contributed by atoms with Crippen LogP contribution < -0.4 is 5.69 Å². The van der Waals surface area contributed by atoms with E-state index in [2.05, 4.69) is 19.1 Å². The number of benzene rings is 2. The Bertz CT molecular complexity index is 785. The van der Waals surface area contributed by atoms with Crippen molar-refractivity contribution in [3.63, 3.8) is 0 Å². The summed E-state index contributed by atoms with van der Waals surface area (Å²) in [4.78, 5) is 12.7. The Hall–Kier alpha value is -2.55. The van der Waals surface area contributed by atoms with Gasteiger partial charge in [-0.15, -0.1) is 0 Å². The van der Waals surface area contributed by atoms with Crippen molar-refractivity contribution in [2.45, 2.75) is 26.4 Å². The van der Waals surface area contributed by atoms with Crippen LogP contribution in [0.2, 0.25) is 0 Å². The number of nitrogens with zero attached hydrogens (tertiary/aromatic N) is 2. The van der Waals surface area contributed by atoms with Gasteiger partial charge in [-0.2, -0.15) is 0 Å². The van der Waals surface area contributed by atoms with Gasteiger partial charge in [0.25, 0.3) is 0 Å². The van der Waals surface area contributed by atoms with E-state index >= 15 is 0 Å². The molecule has 0 fully saturated rings. The maximum absolute atomic E-state index is 12.7. The van der Waals surface area contributed by atoms with Crippen molar-refractivity contribution in [3.8, 4) is 0 Å². The first-order valence-corrected chi connectivity index (χ1v) is 7.64. The second-order valence-electron chi connectivity index (χ2n) is 5.44. The normalized spacial score (nSPS) is 10.8. The summed E-state index contributed by atoms with van der Waals surface area (Å²) in [5.41, 5.74) is 3.43. The van der Waals surface area contributed by atoms with E-state index in [1.807, 2.05) is 59.3 Å². The molecule has 0 unspecified atom stereocenters. The summed E-state index contributed by atoms with van der Waals surface area (Å²) in [6, 6.07) is 20.2. The fourth-order valence-corrected chi connectivity index (χ4v) is 2.69. The smallest absolute Gasteiger partial charge is 0.295 e. The van der Waals surface area contributed by atoms with Gasteiger partial charge in [-0.05, 0) is 17.5 Å². The zero-order valence-electron chi connectivity index (χ0n) is 12.8. The highest BCUT2D eigenvalue weighted by atomic mass is 16.1. The highest BCUT2D eigenvalue weighted by Crippen LogP contribution is 2.07. The number of aromatic nitrogens is 2. The molecule has 1 heterocycles. The lowest BCUT2D eigenvalue weighted by molar-refractivity contribution is 0.670. The first kappa shape index (κ1) is 14.4. The number of aryl methyl sites for hydroxylation is 1. The second kappa shape index (κ2) is 6.48. The molecule has 3 nitrogen and oxygen atoms in total. The second-order valence-corrected chi connectivity index (χ2v) is 5.44. The van der Waals surface area contributed by atoms with Crippen LogP contribution in [0.15, 0.2) is 71.7 Å². The van der Waals surface area contributed by atoms with Crippen LogP contribution in [0, 0.1) is 0 Å². The van der Waals surface area contributed by atoms with Crippen molar-refractivity contribution >= 4 is 0 Å². The van der Waals surface area contributed by atoms with Crippen LogP contribution in [0.3, 0.4) is 0 Å². The Labute approximate surface area is 130 Å². The van der Waals surface area contributed by atoms with E-state index in [-0.39, 0.29) is 5.69 Å². The third-order valence-electron chi connectivity index (χ3n) is 3.87. The molecule has 3 heteroatoms. The topological polar surface area (TPSA) is 26.9 Å². The summed E-state index contributed by atoms with van der Waals surface area (Å²) in [5, 5.41) is 0. The fraction of sp³-hybridized carbons (Fsp3) is 0.211. The van der Waals surface area contributed by atoms with E-state index in [0.29, 0.717) is 13.1 Å². The Morgan fingerprint density at radius 2 is 1.36 bits per heavy atom. The van der Waals surface area contributed by atoms with Gasteiger partial charge in [-0.3, -0.25) is 9.13 Å². The summed E-state index contributed by atoms with van der Waals surface area (Å²) in [6.45, 7) is 3.34. The minimum Gasteiger partial charge on any atom is -0.295 e. The molecule has 0 saturated heterocycles. The van der Waals surface area contributed by atoms with Gasteiger partial charge < -0.3 is 0 Å². The van der Waals surface area contributed by atoms with Gasteiger partial charge in [0.05, 0.1) is 13.1 Å². The SMILES string of the molecule is CCc1cn(Cc2ccccc2)c(=O)n1Cc1ccccc1. The van der Waals surface area contributed by atoms with Gasteiger partial charge in [-0.1, -0.05) is 67.6 Å². The molecule has 0 aliphatic heterocycles. The fourth-order valence-electron chi connectivity index (χ4n) is 2.69. The van der Waals surface area contributed by atoms with Crippen molar-refractivity contribution in [2.24, 2.45) is 0 Å². The van der Waals surface area contributed by atoms with Crippen LogP contribution in [0.4, 0.5) is 0 Å². The highest BCUT2D eigenvalue weighted by Gasteiger charge is 2.10. The molecular formula is C19H20N2O. The van der Waals surface area contributed by atoms with Gasteiger partial charge in [0.2, 0.25) is 0 Å². The van der Waals surface area contributed by atoms with Gasteiger partial charge in [0.15, 0.2) is 0 Å². The summed E-state index contributed by atoms with van der Waals surface area (Å²) in [6.07, 6.45) is 2.84. The Morgan fingerprint density at radius 1 is 0.818 bits per heavy atom. The van der Waals surface area contributed by atoms with Crippen molar-refractivity contribution in [1.29, 1.82) is 0 Å². The highest BCUT2D eigenvalue weighted by molar-refractivity contribution is 5.18. The molecule has 0 amide bonds. The molecule has 0 aliphatic rings.